The molecule has 0 unspecified atom stereocenters. The second-order valence-corrected chi connectivity index (χ2v) is 14.1. The lowest BCUT2D eigenvalue weighted by Gasteiger charge is -2.23. The molecule has 0 spiro atoms. The molecule has 3 heterocycles. The number of anilines is 4. The number of rotatable bonds is 8. The Hall–Kier alpha value is -4.72. The zero-order valence-corrected chi connectivity index (χ0v) is 30.4. The van der Waals surface area contributed by atoms with Crippen molar-refractivity contribution in [3.05, 3.63) is 94.5 Å². The van der Waals surface area contributed by atoms with Crippen LogP contribution in [0.15, 0.2) is 83.3 Å². The van der Waals surface area contributed by atoms with Crippen molar-refractivity contribution in [2.75, 3.05) is 8.61 Å². The Morgan fingerprint density at radius 3 is 1.94 bits per heavy atom. The van der Waals surface area contributed by atoms with Gasteiger partial charge in [-0.25, -0.2) is 0 Å². The molecule has 1 aliphatic rings. The maximum Gasteiger partial charge on any atom is 0.419 e. The first kappa shape index (κ1) is 35.3. The first-order valence-electron chi connectivity index (χ1n) is 15.2. The van der Waals surface area contributed by atoms with E-state index in [1.54, 1.807) is 32.9 Å². The third-order valence-corrected chi connectivity index (χ3v) is 11.3. The Bertz CT molecular complexity index is 2520. The molecule has 0 saturated carbocycles. The van der Waals surface area contributed by atoms with Crippen LogP contribution >= 0.6 is 51.5 Å². The van der Waals surface area contributed by atoms with Gasteiger partial charge >= 0.3 is 19.4 Å². The highest BCUT2D eigenvalue weighted by Gasteiger charge is 2.42. The number of halogens is 8. The van der Waals surface area contributed by atoms with E-state index >= 15 is 13.2 Å². The Labute approximate surface area is 315 Å². The van der Waals surface area contributed by atoms with Gasteiger partial charge in [-0.05, 0) is 99.7 Å². The number of hydrogen-bond donors (Lipinski definition) is 0. The lowest BCUT2D eigenvalue weighted by molar-refractivity contribution is -0.135. The Balaban J connectivity index is 1.46. The minimum absolute atomic E-state index is 0.0631. The molecule has 5 aromatic carbocycles. The van der Waals surface area contributed by atoms with Gasteiger partial charge in [0.05, 0.1) is 68.4 Å². The highest BCUT2D eigenvalue weighted by Crippen LogP contribution is 2.62. The van der Waals surface area contributed by atoms with Gasteiger partial charge in [0.15, 0.2) is 0 Å². The predicted molar refractivity (Wildman–Crippen MR) is 195 cm³/mol. The molecule has 0 fully saturated rings. The SMILES string of the molecule is Cc1c(-c2cc(-c3ccc4nsnc4c3C(F)(F)F)c3c(c2Br)N(c2ccc(OC(F)F)cc2)SN3c2cccc(OC(F)F)c2)ccc2nsnc12. The molecule has 0 atom stereocenters. The van der Waals surface area contributed by atoms with Gasteiger partial charge in [0.2, 0.25) is 0 Å². The lowest BCUT2D eigenvalue weighted by Crippen LogP contribution is -2.11. The van der Waals surface area contributed by atoms with E-state index in [2.05, 4.69) is 42.9 Å². The molecule has 1 aliphatic heterocycles. The van der Waals surface area contributed by atoms with Crippen LogP contribution in [0.4, 0.5) is 53.5 Å². The normalized spacial score (nSPS) is 13.2. The molecule has 0 radical (unpaired) electrons. The number of fused-ring (bicyclic) bond motifs is 3. The van der Waals surface area contributed by atoms with E-state index in [0.717, 1.165) is 29.4 Å². The van der Waals surface area contributed by atoms with E-state index in [1.165, 1.54) is 54.6 Å². The van der Waals surface area contributed by atoms with Gasteiger partial charge < -0.3 is 9.47 Å². The number of ether oxygens (including phenoxy) is 2. The van der Waals surface area contributed by atoms with Gasteiger partial charge in [0.25, 0.3) is 0 Å². The van der Waals surface area contributed by atoms with Crippen molar-refractivity contribution >= 4 is 96.3 Å². The van der Waals surface area contributed by atoms with Gasteiger partial charge in [-0.3, -0.25) is 8.61 Å². The molecule has 0 N–H and O–H groups in total. The van der Waals surface area contributed by atoms with Crippen molar-refractivity contribution in [2.45, 2.75) is 26.3 Å². The van der Waals surface area contributed by atoms with Crippen LogP contribution in [0.5, 0.6) is 11.5 Å². The topological polar surface area (TPSA) is 76.5 Å². The molecule has 270 valence electrons. The monoisotopic (exact) mass is 850 g/mol. The van der Waals surface area contributed by atoms with Crippen LogP contribution in [0, 0.1) is 6.92 Å². The molecule has 0 saturated heterocycles. The first-order valence-corrected chi connectivity index (χ1v) is 18.2. The first-order chi connectivity index (χ1) is 25.4. The van der Waals surface area contributed by atoms with E-state index in [9.17, 15) is 17.6 Å². The van der Waals surface area contributed by atoms with Crippen LogP contribution in [-0.4, -0.2) is 30.7 Å². The molecule has 53 heavy (non-hydrogen) atoms. The summed E-state index contributed by atoms with van der Waals surface area (Å²) >= 11 is 6.48. The second kappa shape index (κ2) is 13.6. The van der Waals surface area contributed by atoms with Crippen molar-refractivity contribution in [1.29, 1.82) is 0 Å². The molecule has 7 aromatic rings. The zero-order chi connectivity index (χ0) is 37.2. The summed E-state index contributed by atoms with van der Waals surface area (Å²) in [6.07, 6.45) is -4.88. The van der Waals surface area contributed by atoms with Crippen LogP contribution in [0.2, 0.25) is 0 Å². The highest BCUT2D eigenvalue weighted by atomic mass is 79.9. The third kappa shape index (κ3) is 6.38. The van der Waals surface area contributed by atoms with Crippen LogP contribution in [0.25, 0.3) is 44.3 Å². The molecule has 0 bridgehead atoms. The Morgan fingerprint density at radius 1 is 0.642 bits per heavy atom. The van der Waals surface area contributed by atoms with Gasteiger partial charge in [-0.2, -0.15) is 48.2 Å². The van der Waals surface area contributed by atoms with Crippen LogP contribution in [0.3, 0.4) is 0 Å². The predicted octanol–water partition coefficient (Wildman–Crippen LogP) is 12.2. The second-order valence-electron chi connectivity index (χ2n) is 11.4. The molecule has 19 heteroatoms. The number of nitrogens with zero attached hydrogens (tertiary/aromatic N) is 6. The van der Waals surface area contributed by atoms with Crippen molar-refractivity contribution < 1.29 is 40.2 Å². The van der Waals surface area contributed by atoms with Crippen LogP contribution in [0.1, 0.15) is 11.1 Å². The number of aromatic nitrogens is 4. The number of hydrogen-bond acceptors (Lipinski definition) is 11. The number of alkyl halides is 7. The van der Waals surface area contributed by atoms with E-state index in [4.69, 9.17) is 0 Å². The van der Waals surface area contributed by atoms with E-state index in [-0.39, 0.29) is 45.0 Å². The number of aryl methyl sites for hydroxylation is 1. The lowest BCUT2D eigenvalue weighted by atomic mass is 9.90. The fourth-order valence-corrected chi connectivity index (χ4v) is 9.18. The van der Waals surface area contributed by atoms with E-state index < -0.39 is 25.0 Å². The van der Waals surface area contributed by atoms with Gasteiger partial charge in [0, 0.05) is 11.6 Å². The fourth-order valence-electron chi connectivity index (χ4n) is 6.13. The summed E-state index contributed by atoms with van der Waals surface area (Å²) in [4.78, 5) is 0. The Kier molecular flexibility index (Phi) is 9.06. The fraction of sp³-hybridized carbons (Fsp3) is 0.118. The summed E-state index contributed by atoms with van der Waals surface area (Å²) in [6, 6.07) is 19.4. The molecule has 0 aliphatic carbocycles. The molecular formula is C34H18BrF7N6O2S3. The largest absolute Gasteiger partial charge is 0.435 e. The van der Waals surface area contributed by atoms with Crippen LogP contribution < -0.4 is 18.1 Å². The Morgan fingerprint density at radius 2 is 1.26 bits per heavy atom. The average molecular weight is 852 g/mol. The summed E-state index contributed by atoms with van der Waals surface area (Å²) < 4.78 is 128. The molecule has 8 rings (SSSR count). The standard InChI is InChI=1S/C34H18BrF7N6O2S3/c1-15-20(9-11-24-28(15)45-51-43-24)22-14-23(21-10-12-25-29(46-52-44-25)26(21)34(40,41)42)30-31(27(22)35)47(16-5-7-18(8-6-16)49-32(36)37)53-48(30)17-3-2-4-19(13-17)50-33(38)39/h2-14,32-33H,1H3. The number of benzene rings is 5. The molecule has 2 aromatic heterocycles. The minimum atomic E-state index is -4.88. The molecule has 8 nitrogen and oxygen atoms in total. The zero-order valence-electron chi connectivity index (χ0n) is 26.4. The van der Waals surface area contributed by atoms with Gasteiger partial charge in [-0.15, -0.1) is 0 Å². The summed E-state index contributed by atoms with van der Waals surface area (Å²) in [5, 5.41) is 0. The quantitative estimate of drug-likeness (QED) is 0.110. The van der Waals surface area contributed by atoms with Crippen molar-refractivity contribution in [2.24, 2.45) is 0 Å². The van der Waals surface area contributed by atoms with E-state index in [0.29, 0.717) is 49.7 Å². The minimum Gasteiger partial charge on any atom is -0.435 e. The smallest absolute Gasteiger partial charge is 0.419 e. The van der Waals surface area contributed by atoms with Crippen LogP contribution in [-0.2, 0) is 6.18 Å². The van der Waals surface area contributed by atoms with Gasteiger partial charge in [-0.1, -0.05) is 18.2 Å². The van der Waals surface area contributed by atoms with Crippen molar-refractivity contribution in [3.63, 3.8) is 0 Å². The summed E-state index contributed by atoms with van der Waals surface area (Å²) in [7, 11) is 0. The average Bonchev–Trinajstić information content (AvgIpc) is 3.87. The van der Waals surface area contributed by atoms with E-state index in [1.807, 2.05) is 6.92 Å². The summed E-state index contributed by atoms with van der Waals surface area (Å²) in [5.41, 5.74) is 3.06. The van der Waals surface area contributed by atoms with Crippen molar-refractivity contribution in [1.82, 2.24) is 17.5 Å². The third-order valence-electron chi connectivity index (χ3n) is 8.33. The van der Waals surface area contributed by atoms with Gasteiger partial charge in [0.1, 0.15) is 33.6 Å². The van der Waals surface area contributed by atoms with Crippen molar-refractivity contribution in [3.8, 4) is 33.8 Å². The highest BCUT2D eigenvalue weighted by molar-refractivity contribution is 9.10. The molecule has 0 amide bonds. The maximum absolute atomic E-state index is 15.2. The summed E-state index contributed by atoms with van der Waals surface area (Å²) in [6.45, 7) is -4.37. The maximum atomic E-state index is 15.2. The molecular weight excluding hydrogens is 834 g/mol. The summed E-state index contributed by atoms with van der Waals surface area (Å²) in [5.74, 6) is -0.299.